The first-order valence-corrected chi connectivity index (χ1v) is 7.48. The number of imidazole rings is 1. The zero-order chi connectivity index (χ0) is 14.1. The van der Waals surface area contributed by atoms with Crippen molar-refractivity contribution in [1.82, 2.24) is 9.55 Å². The van der Waals surface area contributed by atoms with E-state index in [0.717, 1.165) is 50.8 Å². The summed E-state index contributed by atoms with van der Waals surface area (Å²) < 4.78 is 7.75. The molecule has 0 aliphatic rings. The van der Waals surface area contributed by atoms with Gasteiger partial charge < -0.3 is 14.6 Å². The van der Waals surface area contributed by atoms with Gasteiger partial charge in [-0.05, 0) is 25.7 Å². The van der Waals surface area contributed by atoms with E-state index >= 15 is 0 Å². The Morgan fingerprint density at radius 2 is 2.05 bits per heavy atom. The van der Waals surface area contributed by atoms with Crippen LogP contribution in [0.2, 0.25) is 0 Å². The molecule has 0 unspecified atom stereocenters. The second-order valence-corrected chi connectivity index (χ2v) is 5.50. The summed E-state index contributed by atoms with van der Waals surface area (Å²) in [5.74, 6) is 1.62. The highest BCUT2D eigenvalue weighted by Gasteiger charge is 2.06. The molecule has 0 amide bonds. The first kappa shape index (κ1) is 16.0. The van der Waals surface area contributed by atoms with E-state index in [4.69, 9.17) is 4.74 Å². The van der Waals surface area contributed by atoms with E-state index in [0.29, 0.717) is 5.92 Å². The summed E-state index contributed by atoms with van der Waals surface area (Å²) in [5.41, 5.74) is 1.07. The highest BCUT2D eigenvalue weighted by Crippen LogP contribution is 2.11. The van der Waals surface area contributed by atoms with Crippen LogP contribution in [0.5, 0.6) is 0 Å². The molecule has 1 aromatic heterocycles. The number of nitrogens with one attached hydrogen (secondary N) is 1. The van der Waals surface area contributed by atoms with Crippen LogP contribution in [0.25, 0.3) is 0 Å². The molecule has 4 heteroatoms. The summed E-state index contributed by atoms with van der Waals surface area (Å²) in [7, 11) is 0. The Kier molecular flexibility index (Phi) is 7.56. The Balaban J connectivity index is 2.24. The molecule has 1 heterocycles. The fourth-order valence-electron chi connectivity index (χ4n) is 1.94. The lowest BCUT2D eigenvalue weighted by molar-refractivity contribution is 0.131. The number of nitrogens with zero attached hydrogens (tertiary/aromatic N) is 2. The SMILES string of the molecule is CCCCOCCCNc1nc(C)cn1CC(C)C. The molecule has 1 rings (SSSR count). The Bertz CT molecular complexity index is 347. The lowest BCUT2D eigenvalue weighted by Gasteiger charge is -2.11. The molecule has 0 aliphatic heterocycles. The number of rotatable bonds is 10. The molecule has 0 fully saturated rings. The van der Waals surface area contributed by atoms with Crippen molar-refractivity contribution in [2.45, 2.75) is 53.5 Å². The van der Waals surface area contributed by atoms with Gasteiger partial charge >= 0.3 is 0 Å². The number of hydrogen-bond acceptors (Lipinski definition) is 3. The van der Waals surface area contributed by atoms with E-state index in [2.05, 4.69) is 41.8 Å². The maximum absolute atomic E-state index is 5.54. The highest BCUT2D eigenvalue weighted by molar-refractivity contribution is 5.28. The lowest BCUT2D eigenvalue weighted by Crippen LogP contribution is -2.12. The average molecular weight is 267 g/mol. The van der Waals surface area contributed by atoms with Crippen LogP contribution >= 0.6 is 0 Å². The van der Waals surface area contributed by atoms with Crippen molar-refractivity contribution >= 4 is 5.95 Å². The van der Waals surface area contributed by atoms with Crippen molar-refractivity contribution in [3.63, 3.8) is 0 Å². The third-order valence-electron chi connectivity index (χ3n) is 2.85. The predicted molar refractivity (Wildman–Crippen MR) is 80.6 cm³/mol. The molecule has 4 nitrogen and oxygen atoms in total. The number of ether oxygens (including phenoxy) is 1. The van der Waals surface area contributed by atoms with E-state index in [9.17, 15) is 0 Å². The average Bonchev–Trinajstić information content (AvgIpc) is 2.67. The van der Waals surface area contributed by atoms with Gasteiger partial charge in [-0.3, -0.25) is 0 Å². The molecule has 1 aromatic rings. The first-order chi connectivity index (χ1) is 9.13. The summed E-state index contributed by atoms with van der Waals surface area (Å²) in [6, 6.07) is 0. The van der Waals surface area contributed by atoms with Gasteiger partial charge in [-0.15, -0.1) is 0 Å². The third kappa shape index (κ3) is 6.62. The van der Waals surface area contributed by atoms with Crippen molar-refractivity contribution in [2.24, 2.45) is 5.92 Å². The van der Waals surface area contributed by atoms with Gasteiger partial charge in [0.15, 0.2) is 0 Å². The second-order valence-electron chi connectivity index (χ2n) is 5.50. The molecule has 0 atom stereocenters. The Hall–Kier alpha value is -1.03. The number of anilines is 1. The minimum atomic E-state index is 0.631. The smallest absolute Gasteiger partial charge is 0.203 e. The van der Waals surface area contributed by atoms with Gasteiger partial charge in [0.1, 0.15) is 0 Å². The molecule has 0 aliphatic carbocycles. The van der Waals surface area contributed by atoms with Crippen molar-refractivity contribution in [1.29, 1.82) is 0 Å². The van der Waals surface area contributed by atoms with Gasteiger partial charge in [0.05, 0.1) is 5.69 Å². The quantitative estimate of drug-likeness (QED) is 0.660. The minimum Gasteiger partial charge on any atom is -0.381 e. The molecular formula is C15H29N3O. The van der Waals surface area contributed by atoms with Gasteiger partial charge in [0.25, 0.3) is 0 Å². The van der Waals surface area contributed by atoms with Crippen molar-refractivity contribution < 1.29 is 4.74 Å². The Morgan fingerprint density at radius 1 is 1.32 bits per heavy atom. The maximum Gasteiger partial charge on any atom is 0.203 e. The normalized spacial score (nSPS) is 11.2. The van der Waals surface area contributed by atoms with Gasteiger partial charge in [0, 0.05) is 32.5 Å². The second kappa shape index (κ2) is 8.97. The number of hydrogen-bond donors (Lipinski definition) is 1. The van der Waals surface area contributed by atoms with Crippen LogP contribution in [0.1, 0.15) is 45.7 Å². The Labute approximate surface area is 117 Å². The molecule has 0 aromatic carbocycles. The summed E-state index contributed by atoms with van der Waals surface area (Å²) >= 11 is 0. The number of aryl methyl sites for hydroxylation is 1. The maximum atomic E-state index is 5.54. The van der Waals surface area contributed by atoms with Crippen molar-refractivity contribution in [3.8, 4) is 0 Å². The zero-order valence-electron chi connectivity index (χ0n) is 12.9. The van der Waals surface area contributed by atoms with E-state index < -0.39 is 0 Å². The van der Waals surface area contributed by atoms with Gasteiger partial charge in [0.2, 0.25) is 5.95 Å². The third-order valence-corrected chi connectivity index (χ3v) is 2.85. The van der Waals surface area contributed by atoms with Crippen LogP contribution in [0, 0.1) is 12.8 Å². The van der Waals surface area contributed by atoms with E-state index in [1.54, 1.807) is 0 Å². The molecule has 0 saturated carbocycles. The van der Waals surface area contributed by atoms with Crippen LogP contribution in [0.3, 0.4) is 0 Å². The molecule has 110 valence electrons. The van der Waals surface area contributed by atoms with Gasteiger partial charge in [-0.2, -0.15) is 0 Å². The highest BCUT2D eigenvalue weighted by atomic mass is 16.5. The van der Waals surface area contributed by atoms with E-state index in [1.807, 2.05) is 6.92 Å². The van der Waals surface area contributed by atoms with Gasteiger partial charge in [-0.1, -0.05) is 27.2 Å². The van der Waals surface area contributed by atoms with Crippen LogP contribution < -0.4 is 5.32 Å². The summed E-state index contributed by atoms with van der Waals surface area (Å²) in [6.07, 6.45) is 5.49. The molecule has 0 radical (unpaired) electrons. The zero-order valence-corrected chi connectivity index (χ0v) is 12.9. The molecule has 0 saturated heterocycles. The molecule has 0 spiro atoms. The molecule has 0 bridgehead atoms. The first-order valence-electron chi connectivity index (χ1n) is 7.48. The molecular weight excluding hydrogens is 238 g/mol. The van der Waals surface area contributed by atoms with Crippen molar-refractivity contribution in [3.05, 3.63) is 11.9 Å². The summed E-state index contributed by atoms with van der Waals surface area (Å²) in [5, 5.41) is 3.40. The fourth-order valence-corrected chi connectivity index (χ4v) is 1.94. The van der Waals surface area contributed by atoms with Crippen LogP contribution in [0.4, 0.5) is 5.95 Å². The summed E-state index contributed by atoms with van der Waals surface area (Å²) in [6.45, 7) is 12.3. The van der Waals surface area contributed by atoms with Gasteiger partial charge in [-0.25, -0.2) is 4.98 Å². The molecule has 19 heavy (non-hydrogen) atoms. The predicted octanol–water partition coefficient (Wildman–Crippen LogP) is 3.47. The fraction of sp³-hybridized carbons (Fsp3) is 0.800. The van der Waals surface area contributed by atoms with Crippen LogP contribution in [-0.2, 0) is 11.3 Å². The summed E-state index contributed by atoms with van der Waals surface area (Å²) in [4.78, 5) is 4.52. The van der Waals surface area contributed by atoms with Crippen LogP contribution in [0.15, 0.2) is 6.20 Å². The number of aromatic nitrogens is 2. The van der Waals surface area contributed by atoms with Crippen molar-refractivity contribution in [2.75, 3.05) is 25.1 Å². The van der Waals surface area contributed by atoms with E-state index in [-0.39, 0.29) is 0 Å². The topological polar surface area (TPSA) is 39.1 Å². The van der Waals surface area contributed by atoms with E-state index in [1.165, 1.54) is 6.42 Å². The standard InChI is InChI=1S/C15H29N3O/c1-5-6-9-19-10-7-8-16-15-17-14(4)12-18(15)11-13(2)3/h12-13H,5-11H2,1-4H3,(H,16,17). The number of unbranched alkanes of at least 4 members (excludes halogenated alkanes) is 1. The monoisotopic (exact) mass is 267 g/mol. The lowest BCUT2D eigenvalue weighted by atomic mass is 10.2. The van der Waals surface area contributed by atoms with Crippen LogP contribution in [-0.4, -0.2) is 29.3 Å². The largest absolute Gasteiger partial charge is 0.381 e. The Morgan fingerprint density at radius 3 is 2.74 bits per heavy atom. The molecule has 1 N–H and O–H groups in total. The minimum absolute atomic E-state index is 0.631.